The van der Waals surface area contributed by atoms with E-state index >= 15 is 0 Å². The zero-order chi connectivity index (χ0) is 13.3. The van der Waals surface area contributed by atoms with Gasteiger partial charge in [-0.15, -0.1) is 0 Å². The van der Waals surface area contributed by atoms with E-state index in [2.05, 4.69) is 42.3 Å². The number of hydrogen-bond acceptors (Lipinski definition) is 3. The molecule has 7 heteroatoms. The second-order valence-electron chi connectivity index (χ2n) is 4.12. The van der Waals surface area contributed by atoms with E-state index in [1.54, 1.807) is 0 Å². The minimum Gasteiger partial charge on any atom is -0.409 e. The van der Waals surface area contributed by atoms with Gasteiger partial charge in [-0.2, -0.15) is 0 Å². The monoisotopic (exact) mass is 375 g/mol. The molecule has 0 radical (unpaired) electrons. The second kappa shape index (κ2) is 4.89. The number of rotatable bonds is 3. The molecule has 1 saturated carbocycles. The molecule has 1 aromatic carbocycles. The third-order valence-electron chi connectivity index (χ3n) is 2.98. The fourth-order valence-corrected chi connectivity index (χ4v) is 2.87. The van der Waals surface area contributed by atoms with Crippen molar-refractivity contribution < 1.29 is 10.0 Å². The molecular weight excluding hydrogens is 366 g/mol. The number of nitrogens with two attached hydrogens (primary N) is 1. The molecule has 5 nitrogen and oxygen atoms in total. The fourth-order valence-electron chi connectivity index (χ4n) is 1.67. The summed E-state index contributed by atoms with van der Waals surface area (Å²) in [6.07, 6.45) is 1.19. The van der Waals surface area contributed by atoms with Crippen molar-refractivity contribution in [2.24, 2.45) is 16.3 Å². The van der Waals surface area contributed by atoms with Gasteiger partial charge in [-0.25, -0.2) is 0 Å². The van der Waals surface area contributed by atoms with Gasteiger partial charge < -0.3 is 16.3 Å². The van der Waals surface area contributed by atoms with E-state index in [9.17, 15) is 4.79 Å². The van der Waals surface area contributed by atoms with E-state index in [0.717, 1.165) is 8.95 Å². The number of carbonyl (C=O) groups is 1. The summed E-state index contributed by atoms with van der Waals surface area (Å²) in [5, 5.41) is 14.4. The predicted molar refractivity (Wildman–Crippen MR) is 75.5 cm³/mol. The Morgan fingerprint density at radius 3 is 2.39 bits per heavy atom. The highest BCUT2D eigenvalue weighted by Gasteiger charge is 2.54. The Labute approximate surface area is 121 Å². The van der Waals surface area contributed by atoms with Crippen molar-refractivity contribution in [3.8, 4) is 0 Å². The molecule has 0 aliphatic heterocycles. The van der Waals surface area contributed by atoms with Gasteiger partial charge in [0.15, 0.2) is 5.84 Å². The van der Waals surface area contributed by atoms with Crippen LogP contribution in [-0.2, 0) is 4.79 Å². The maximum absolute atomic E-state index is 12.2. The Balaban J connectivity index is 2.23. The lowest BCUT2D eigenvalue weighted by Crippen LogP contribution is -2.36. The first-order valence-corrected chi connectivity index (χ1v) is 6.83. The molecule has 1 amide bonds. The number of oxime groups is 1. The van der Waals surface area contributed by atoms with Crippen molar-refractivity contribution in [2.45, 2.75) is 12.8 Å². The Morgan fingerprint density at radius 2 is 1.94 bits per heavy atom. The summed E-state index contributed by atoms with van der Waals surface area (Å²) in [4.78, 5) is 12.2. The maximum atomic E-state index is 12.2. The topological polar surface area (TPSA) is 87.7 Å². The van der Waals surface area contributed by atoms with Crippen LogP contribution in [0.4, 0.5) is 5.69 Å². The van der Waals surface area contributed by atoms with Crippen molar-refractivity contribution >= 4 is 49.3 Å². The van der Waals surface area contributed by atoms with Crippen LogP contribution < -0.4 is 11.1 Å². The SMILES string of the molecule is N/C(=N/O)C1(C(=O)Nc2c(Br)cccc2Br)CC1. The molecule has 18 heavy (non-hydrogen) atoms. The van der Waals surface area contributed by atoms with Crippen LogP contribution in [-0.4, -0.2) is 17.0 Å². The molecule has 0 saturated heterocycles. The van der Waals surface area contributed by atoms with E-state index < -0.39 is 5.41 Å². The molecular formula is C11H11Br2N3O2. The van der Waals surface area contributed by atoms with E-state index in [1.807, 2.05) is 18.2 Å². The van der Waals surface area contributed by atoms with Crippen molar-refractivity contribution in [1.29, 1.82) is 0 Å². The lowest BCUT2D eigenvalue weighted by Gasteiger charge is -2.15. The molecule has 0 spiro atoms. The number of benzene rings is 1. The highest BCUT2D eigenvalue weighted by Crippen LogP contribution is 2.47. The van der Waals surface area contributed by atoms with E-state index in [4.69, 9.17) is 10.9 Å². The van der Waals surface area contributed by atoms with Crippen LogP contribution in [0.5, 0.6) is 0 Å². The Kier molecular flexibility index (Phi) is 3.63. The zero-order valence-electron chi connectivity index (χ0n) is 9.28. The molecule has 0 atom stereocenters. The smallest absolute Gasteiger partial charge is 0.238 e. The average molecular weight is 377 g/mol. The first-order valence-electron chi connectivity index (χ1n) is 5.25. The number of halogens is 2. The average Bonchev–Trinajstić information content (AvgIpc) is 3.14. The maximum Gasteiger partial charge on any atom is 0.238 e. The van der Waals surface area contributed by atoms with Gasteiger partial charge in [0.2, 0.25) is 5.91 Å². The summed E-state index contributed by atoms with van der Waals surface area (Å²) in [7, 11) is 0. The van der Waals surface area contributed by atoms with Crippen molar-refractivity contribution in [3.63, 3.8) is 0 Å². The third kappa shape index (κ3) is 2.24. The number of carbonyl (C=O) groups excluding carboxylic acids is 1. The number of hydrogen-bond donors (Lipinski definition) is 3. The van der Waals surface area contributed by atoms with Gasteiger partial charge in [0.05, 0.1) is 5.69 Å². The summed E-state index contributed by atoms with van der Waals surface area (Å²) in [5.74, 6) is -0.298. The molecule has 0 heterocycles. The molecule has 1 aromatic rings. The van der Waals surface area contributed by atoms with Gasteiger partial charge in [-0.3, -0.25) is 4.79 Å². The van der Waals surface area contributed by atoms with Gasteiger partial charge >= 0.3 is 0 Å². The summed E-state index contributed by atoms with van der Waals surface area (Å²) in [5.41, 5.74) is 5.34. The van der Waals surface area contributed by atoms with E-state index in [1.165, 1.54) is 0 Å². The van der Waals surface area contributed by atoms with E-state index in [0.29, 0.717) is 18.5 Å². The largest absolute Gasteiger partial charge is 0.409 e. The van der Waals surface area contributed by atoms with Crippen LogP contribution in [0.15, 0.2) is 32.3 Å². The van der Waals surface area contributed by atoms with E-state index in [-0.39, 0.29) is 11.7 Å². The number of nitrogens with zero attached hydrogens (tertiary/aromatic N) is 1. The zero-order valence-corrected chi connectivity index (χ0v) is 12.5. The lowest BCUT2D eigenvalue weighted by molar-refractivity contribution is -0.119. The highest BCUT2D eigenvalue weighted by atomic mass is 79.9. The van der Waals surface area contributed by atoms with Crippen molar-refractivity contribution in [3.05, 3.63) is 27.1 Å². The normalized spacial score (nSPS) is 17.3. The van der Waals surface area contributed by atoms with Crippen LogP contribution in [0.25, 0.3) is 0 Å². The van der Waals surface area contributed by atoms with Crippen LogP contribution in [0.3, 0.4) is 0 Å². The molecule has 0 bridgehead atoms. The molecule has 0 aromatic heterocycles. The summed E-state index contributed by atoms with van der Waals surface area (Å²) in [6.45, 7) is 0. The fraction of sp³-hybridized carbons (Fsp3) is 0.273. The minimum atomic E-state index is -0.858. The van der Waals surface area contributed by atoms with Crippen LogP contribution in [0, 0.1) is 5.41 Å². The van der Waals surface area contributed by atoms with Crippen molar-refractivity contribution in [1.82, 2.24) is 0 Å². The summed E-state index contributed by atoms with van der Waals surface area (Å²) in [6, 6.07) is 5.49. The predicted octanol–water partition coefficient (Wildman–Crippen LogP) is 2.68. The third-order valence-corrected chi connectivity index (χ3v) is 4.31. The Hall–Kier alpha value is -1.08. The molecule has 0 unspecified atom stereocenters. The van der Waals surface area contributed by atoms with Gasteiger partial charge in [0.25, 0.3) is 0 Å². The molecule has 1 fully saturated rings. The first-order chi connectivity index (χ1) is 8.51. The number of anilines is 1. The van der Waals surface area contributed by atoms with Crippen molar-refractivity contribution in [2.75, 3.05) is 5.32 Å². The number of amidine groups is 1. The van der Waals surface area contributed by atoms with Gasteiger partial charge in [-0.1, -0.05) is 11.2 Å². The summed E-state index contributed by atoms with van der Waals surface area (Å²) >= 11 is 6.72. The molecule has 1 aliphatic carbocycles. The Morgan fingerprint density at radius 1 is 1.39 bits per heavy atom. The van der Waals surface area contributed by atoms with Gasteiger partial charge in [-0.05, 0) is 56.8 Å². The standard InChI is InChI=1S/C11H11Br2N3O2/c12-6-2-1-3-7(13)8(6)15-10(17)11(4-5-11)9(14)16-18/h1-3,18H,4-5H2,(H2,14,16)(H,15,17). The van der Waals surface area contributed by atoms with Gasteiger partial charge in [0.1, 0.15) is 5.41 Å². The molecule has 96 valence electrons. The quantitative estimate of drug-likeness (QED) is 0.328. The highest BCUT2D eigenvalue weighted by molar-refractivity contribution is 9.11. The molecule has 2 rings (SSSR count). The Bertz CT molecular complexity index is 507. The number of para-hydroxylation sites is 1. The van der Waals surface area contributed by atoms with Crippen LogP contribution >= 0.6 is 31.9 Å². The summed E-state index contributed by atoms with van der Waals surface area (Å²) < 4.78 is 1.53. The van der Waals surface area contributed by atoms with Gasteiger partial charge in [0, 0.05) is 8.95 Å². The van der Waals surface area contributed by atoms with Crippen LogP contribution in [0.1, 0.15) is 12.8 Å². The molecule has 1 aliphatic rings. The first kappa shape index (κ1) is 13.4. The minimum absolute atomic E-state index is 0.0387. The number of amides is 1. The lowest BCUT2D eigenvalue weighted by atomic mass is 10.1. The van der Waals surface area contributed by atoms with Crippen LogP contribution in [0.2, 0.25) is 0 Å². The second-order valence-corrected chi connectivity index (χ2v) is 5.83. The number of nitrogens with one attached hydrogen (secondary N) is 1. The molecule has 4 N–H and O–H groups in total.